The quantitative estimate of drug-likeness (QED) is 0.689. The van der Waals surface area contributed by atoms with E-state index in [2.05, 4.69) is 5.10 Å². The second-order valence-corrected chi connectivity index (χ2v) is 7.46. The second kappa shape index (κ2) is 6.79. The molecule has 1 aromatic carbocycles. The Labute approximate surface area is 150 Å². The molecule has 3 rings (SSSR count). The molecule has 4 nitrogen and oxygen atoms in total. The van der Waals surface area contributed by atoms with Crippen LogP contribution in [0.15, 0.2) is 42.5 Å². The first-order chi connectivity index (χ1) is 11.5. The van der Waals surface area contributed by atoms with Gasteiger partial charge >= 0.3 is 0 Å². The summed E-state index contributed by atoms with van der Waals surface area (Å²) >= 11 is 7.45. The topological polar surface area (TPSA) is 38.1 Å². The average molecular weight is 360 g/mol. The highest BCUT2D eigenvalue weighted by Crippen LogP contribution is 2.24. The Balaban J connectivity index is 1.88. The third-order valence-corrected chi connectivity index (χ3v) is 5.09. The van der Waals surface area contributed by atoms with Gasteiger partial charge in [0.1, 0.15) is 0 Å². The van der Waals surface area contributed by atoms with Gasteiger partial charge in [0.25, 0.3) is 5.91 Å². The third kappa shape index (κ3) is 3.23. The van der Waals surface area contributed by atoms with E-state index in [4.69, 9.17) is 11.6 Å². The number of halogens is 1. The van der Waals surface area contributed by atoms with Gasteiger partial charge < -0.3 is 4.90 Å². The monoisotopic (exact) mass is 359 g/mol. The van der Waals surface area contributed by atoms with E-state index in [9.17, 15) is 4.79 Å². The molecule has 0 radical (unpaired) electrons. The van der Waals surface area contributed by atoms with E-state index >= 15 is 0 Å². The van der Waals surface area contributed by atoms with Gasteiger partial charge in [-0.1, -0.05) is 29.8 Å². The predicted octanol–water partition coefficient (Wildman–Crippen LogP) is 4.48. The van der Waals surface area contributed by atoms with Crippen molar-refractivity contribution < 1.29 is 4.79 Å². The van der Waals surface area contributed by atoms with Crippen molar-refractivity contribution in [1.29, 1.82) is 0 Å². The summed E-state index contributed by atoms with van der Waals surface area (Å²) < 4.78 is 2.55. The standard InChI is InChI=1S/C18H18ClN3OS/c1-12-17(13(2)22(20-12)14-7-5-4-6-8-14)18(23)21(3)11-15-9-10-16(19)24-15/h4-10H,11H2,1-3H3. The van der Waals surface area contributed by atoms with E-state index < -0.39 is 0 Å². The van der Waals surface area contributed by atoms with Gasteiger partial charge in [-0.05, 0) is 38.1 Å². The number of hydrogen-bond donors (Lipinski definition) is 0. The summed E-state index contributed by atoms with van der Waals surface area (Å²) in [6.07, 6.45) is 0. The van der Waals surface area contributed by atoms with E-state index in [1.807, 2.05) is 61.0 Å². The summed E-state index contributed by atoms with van der Waals surface area (Å²) in [4.78, 5) is 15.6. The van der Waals surface area contributed by atoms with Gasteiger partial charge in [0.05, 0.1) is 33.5 Å². The smallest absolute Gasteiger partial charge is 0.257 e. The fourth-order valence-corrected chi connectivity index (χ4v) is 3.85. The fourth-order valence-electron chi connectivity index (χ4n) is 2.71. The number of benzene rings is 1. The number of rotatable bonds is 4. The van der Waals surface area contributed by atoms with Crippen molar-refractivity contribution in [2.24, 2.45) is 0 Å². The molecule has 0 aliphatic carbocycles. The lowest BCUT2D eigenvalue weighted by Gasteiger charge is -2.16. The molecule has 6 heteroatoms. The number of amides is 1. The Morgan fingerprint density at radius 3 is 2.54 bits per heavy atom. The zero-order valence-corrected chi connectivity index (χ0v) is 15.4. The molecule has 1 amide bonds. The van der Waals surface area contributed by atoms with Gasteiger partial charge in [-0.25, -0.2) is 4.68 Å². The first-order valence-electron chi connectivity index (χ1n) is 7.58. The highest BCUT2D eigenvalue weighted by atomic mass is 35.5. The van der Waals surface area contributed by atoms with Crippen LogP contribution < -0.4 is 0 Å². The highest BCUT2D eigenvalue weighted by molar-refractivity contribution is 7.16. The molecule has 2 heterocycles. The first kappa shape index (κ1) is 16.7. The Morgan fingerprint density at radius 2 is 1.92 bits per heavy atom. The number of aryl methyl sites for hydroxylation is 1. The highest BCUT2D eigenvalue weighted by Gasteiger charge is 2.22. The SMILES string of the molecule is Cc1nn(-c2ccccc2)c(C)c1C(=O)N(C)Cc1ccc(Cl)s1. The van der Waals surface area contributed by atoms with Crippen molar-refractivity contribution in [1.82, 2.24) is 14.7 Å². The number of carbonyl (C=O) groups excluding carboxylic acids is 1. The molecule has 0 N–H and O–H groups in total. The van der Waals surface area contributed by atoms with Crippen LogP contribution in [0.1, 0.15) is 26.6 Å². The van der Waals surface area contributed by atoms with Crippen molar-refractivity contribution in [2.45, 2.75) is 20.4 Å². The summed E-state index contributed by atoms with van der Waals surface area (Å²) in [6, 6.07) is 13.6. The minimum atomic E-state index is -0.0308. The number of para-hydroxylation sites is 1. The normalized spacial score (nSPS) is 10.8. The number of carbonyl (C=O) groups is 1. The number of aromatic nitrogens is 2. The number of nitrogens with zero attached hydrogens (tertiary/aromatic N) is 3. The molecule has 0 spiro atoms. The maximum atomic E-state index is 12.9. The third-order valence-electron chi connectivity index (χ3n) is 3.87. The molecular weight excluding hydrogens is 342 g/mol. The van der Waals surface area contributed by atoms with E-state index in [0.717, 1.165) is 26.3 Å². The van der Waals surface area contributed by atoms with Gasteiger partial charge in [-0.2, -0.15) is 5.10 Å². The molecule has 24 heavy (non-hydrogen) atoms. The molecule has 0 bridgehead atoms. The van der Waals surface area contributed by atoms with Crippen LogP contribution in [-0.4, -0.2) is 27.6 Å². The van der Waals surface area contributed by atoms with Gasteiger partial charge in [-0.15, -0.1) is 11.3 Å². The molecule has 0 fully saturated rings. The number of thiophene rings is 1. The molecule has 0 saturated heterocycles. The molecule has 124 valence electrons. The molecule has 0 unspecified atom stereocenters. The molecule has 0 aliphatic rings. The van der Waals surface area contributed by atoms with Crippen molar-refractivity contribution in [3.05, 3.63) is 68.6 Å². The Bertz CT molecular complexity index is 870. The van der Waals surface area contributed by atoms with Crippen LogP contribution in [0.25, 0.3) is 5.69 Å². The lowest BCUT2D eigenvalue weighted by Crippen LogP contribution is -2.26. The molecular formula is C18H18ClN3OS. The van der Waals surface area contributed by atoms with Crippen LogP contribution in [0.3, 0.4) is 0 Å². The molecule has 0 atom stereocenters. The summed E-state index contributed by atoms with van der Waals surface area (Å²) in [5.74, 6) is -0.0308. The van der Waals surface area contributed by atoms with Crippen molar-refractivity contribution >= 4 is 28.8 Å². The van der Waals surface area contributed by atoms with Crippen molar-refractivity contribution in [3.63, 3.8) is 0 Å². The van der Waals surface area contributed by atoms with E-state index in [1.165, 1.54) is 11.3 Å². The van der Waals surface area contributed by atoms with Gasteiger partial charge in [-0.3, -0.25) is 4.79 Å². The van der Waals surface area contributed by atoms with E-state index in [-0.39, 0.29) is 5.91 Å². The van der Waals surface area contributed by atoms with E-state index in [1.54, 1.807) is 11.9 Å². The van der Waals surface area contributed by atoms with Gasteiger partial charge in [0.15, 0.2) is 0 Å². The minimum absolute atomic E-state index is 0.0308. The zero-order chi connectivity index (χ0) is 17.3. The Morgan fingerprint density at radius 1 is 1.21 bits per heavy atom. The minimum Gasteiger partial charge on any atom is -0.336 e. The maximum absolute atomic E-state index is 12.9. The lowest BCUT2D eigenvalue weighted by molar-refractivity contribution is 0.0785. The van der Waals surface area contributed by atoms with Crippen LogP contribution >= 0.6 is 22.9 Å². The van der Waals surface area contributed by atoms with Crippen LogP contribution in [0.5, 0.6) is 0 Å². The largest absolute Gasteiger partial charge is 0.336 e. The van der Waals surface area contributed by atoms with Crippen LogP contribution in [0, 0.1) is 13.8 Å². The summed E-state index contributed by atoms with van der Waals surface area (Å²) in [7, 11) is 1.80. The molecule has 0 saturated carbocycles. The van der Waals surface area contributed by atoms with E-state index in [0.29, 0.717) is 12.1 Å². The van der Waals surface area contributed by atoms with Crippen LogP contribution in [-0.2, 0) is 6.54 Å². The Kier molecular flexibility index (Phi) is 4.73. The second-order valence-electron chi connectivity index (χ2n) is 5.66. The lowest BCUT2D eigenvalue weighted by atomic mass is 10.1. The van der Waals surface area contributed by atoms with Crippen molar-refractivity contribution in [3.8, 4) is 5.69 Å². The van der Waals surface area contributed by atoms with Crippen LogP contribution in [0.4, 0.5) is 0 Å². The fraction of sp³-hybridized carbons (Fsp3) is 0.222. The predicted molar refractivity (Wildman–Crippen MR) is 98.2 cm³/mol. The molecule has 3 aromatic rings. The number of hydrogen-bond acceptors (Lipinski definition) is 3. The summed E-state index contributed by atoms with van der Waals surface area (Å²) in [5.41, 5.74) is 3.19. The molecule has 0 aliphatic heterocycles. The van der Waals surface area contributed by atoms with Crippen molar-refractivity contribution in [2.75, 3.05) is 7.05 Å². The van der Waals surface area contributed by atoms with Gasteiger partial charge in [0, 0.05) is 11.9 Å². The Hall–Kier alpha value is -2.11. The zero-order valence-electron chi connectivity index (χ0n) is 13.8. The maximum Gasteiger partial charge on any atom is 0.257 e. The average Bonchev–Trinajstić information content (AvgIpc) is 3.10. The summed E-state index contributed by atoms with van der Waals surface area (Å²) in [5, 5.41) is 4.55. The van der Waals surface area contributed by atoms with Gasteiger partial charge in [0.2, 0.25) is 0 Å². The molecule has 2 aromatic heterocycles. The first-order valence-corrected chi connectivity index (χ1v) is 8.78. The summed E-state index contributed by atoms with van der Waals surface area (Å²) in [6.45, 7) is 4.33. The van der Waals surface area contributed by atoms with Crippen LogP contribution in [0.2, 0.25) is 4.34 Å².